The van der Waals surface area contributed by atoms with Crippen LogP contribution in [-0.4, -0.2) is 28.5 Å². The van der Waals surface area contributed by atoms with E-state index in [0.29, 0.717) is 6.42 Å². The van der Waals surface area contributed by atoms with Gasteiger partial charge in [-0.15, -0.1) is 0 Å². The summed E-state index contributed by atoms with van der Waals surface area (Å²) >= 11 is 11.4. The Morgan fingerprint density at radius 1 is 1.30 bits per heavy atom. The lowest BCUT2D eigenvalue weighted by Crippen LogP contribution is -2.33. The van der Waals surface area contributed by atoms with Crippen LogP contribution in [0.5, 0.6) is 0 Å². The summed E-state index contributed by atoms with van der Waals surface area (Å²) in [5.74, 6) is -1.74. The molecule has 0 spiro atoms. The van der Waals surface area contributed by atoms with Crippen LogP contribution in [0.15, 0.2) is 12.1 Å². The standard InChI is InChI=1S/C13H16Cl2N2O3/c1-7(2)3-9(13(19)20)6-16-12(18)8-4-10(14)17-11(15)5-8/h4-5,7,9H,3,6H2,1-2H3,(H,16,18)(H,19,20). The molecule has 2 N–H and O–H groups in total. The van der Waals surface area contributed by atoms with E-state index in [-0.39, 0.29) is 28.3 Å². The van der Waals surface area contributed by atoms with Gasteiger partial charge in [0.05, 0.1) is 5.92 Å². The molecule has 20 heavy (non-hydrogen) atoms. The van der Waals surface area contributed by atoms with Crippen LogP contribution in [0, 0.1) is 11.8 Å². The average Bonchev–Trinajstić information content (AvgIpc) is 2.32. The largest absolute Gasteiger partial charge is 0.481 e. The van der Waals surface area contributed by atoms with E-state index in [1.54, 1.807) is 0 Å². The molecule has 1 unspecified atom stereocenters. The Bertz CT molecular complexity index is 486. The predicted molar refractivity (Wildman–Crippen MR) is 77.2 cm³/mol. The van der Waals surface area contributed by atoms with Crippen LogP contribution in [0.25, 0.3) is 0 Å². The Labute approximate surface area is 127 Å². The molecule has 110 valence electrons. The van der Waals surface area contributed by atoms with Crippen molar-refractivity contribution in [3.8, 4) is 0 Å². The second kappa shape index (κ2) is 7.45. The molecule has 5 nitrogen and oxygen atoms in total. The molecular formula is C13H16Cl2N2O3. The SMILES string of the molecule is CC(C)CC(CNC(=O)c1cc(Cl)nc(Cl)c1)C(=O)O. The smallest absolute Gasteiger partial charge is 0.308 e. The van der Waals surface area contributed by atoms with Crippen molar-refractivity contribution in [3.05, 3.63) is 28.0 Å². The molecule has 7 heteroatoms. The Morgan fingerprint density at radius 3 is 2.30 bits per heavy atom. The van der Waals surface area contributed by atoms with Gasteiger partial charge in [0.1, 0.15) is 10.3 Å². The zero-order chi connectivity index (χ0) is 15.3. The lowest BCUT2D eigenvalue weighted by atomic mass is 9.97. The van der Waals surface area contributed by atoms with Gasteiger partial charge in [-0.05, 0) is 24.5 Å². The van der Waals surface area contributed by atoms with Crippen molar-refractivity contribution in [3.63, 3.8) is 0 Å². The number of nitrogens with one attached hydrogen (secondary N) is 1. The summed E-state index contributed by atoms with van der Waals surface area (Å²) in [5.41, 5.74) is 0.253. The van der Waals surface area contributed by atoms with E-state index < -0.39 is 17.8 Å². The zero-order valence-electron chi connectivity index (χ0n) is 11.2. The highest BCUT2D eigenvalue weighted by Crippen LogP contribution is 2.15. The fraction of sp³-hybridized carbons (Fsp3) is 0.462. The first-order valence-electron chi connectivity index (χ1n) is 6.13. The molecular weight excluding hydrogens is 303 g/mol. The first-order valence-corrected chi connectivity index (χ1v) is 6.89. The van der Waals surface area contributed by atoms with Crippen molar-refractivity contribution in [2.24, 2.45) is 11.8 Å². The highest BCUT2D eigenvalue weighted by molar-refractivity contribution is 6.33. The van der Waals surface area contributed by atoms with Crippen LogP contribution >= 0.6 is 23.2 Å². The minimum absolute atomic E-state index is 0.0594. The quantitative estimate of drug-likeness (QED) is 0.790. The molecule has 0 bridgehead atoms. The van der Waals surface area contributed by atoms with Crippen LogP contribution in [0.2, 0.25) is 10.3 Å². The topological polar surface area (TPSA) is 79.3 Å². The summed E-state index contributed by atoms with van der Waals surface area (Å²) in [6, 6.07) is 2.75. The monoisotopic (exact) mass is 318 g/mol. The van der Waals surface area contributed by atoms with E-state index in [4.69, 9.17) is 28.3 Å². The van der Waals surface area contributed by atoms with Gasteiger partial charge >= 0.3 is 5.97 Å². The van der Waals surface area contributed by atoms with Gasteiger partial charge < -0.3 is 10.4 Å². The molecule has 0 aliphatic heterocycles. The summed E-state index contributed by atoms with van der Waals surface area (Å²) in [5, 5.41) is 11.9. The third-order valence-electron chi connectivity index (χ3n) is 2.64. The van der Waals surface area contributed by atoms with E-state index in [2.05, 4.69) is 10.3 Å². The fourth-order valence-electron chi connectivity index (χ4n) is 1.75. The average molecular weight is 319 g/mol. The van der Waals surface area contributed by atoms with Gasteiger partial charge in [0.15, 0.2) is 0 Å². The molecule has 1 aromatic heterocycles. The molecule has 1 atom stereocenters. The Balaban J connectivity index is 2.67. The number of carbonyl (C=O) groups is 2. The minimum atomic E-state index is -0.926. The Kier molecular flexibility index (Phi) is 6.23. The fourth-order valence-corrected chi connectivity index (χ4v) is 2.21. The number of amides is 1. The van der Waals surface area contributed by atoms with Gasteiger partial charge in [-0.25, -0.2) is 4.98 Å². The summed E-state index contributed by atoms with van der Waals surface area (Å²) < 4.78 is 0. The lowest BCUT2D eigenvalue weighted by Gasteiger charge is -2.15. The molecule has 1 aromatic rings. The number of aromatic nitrogens is 1. The first-order chi connectivity index (χ1) is 9.29. The summed E-state index contributed by atoms with van der Waals surface area (Å²) in [6.07, 6.45) is 0.494. The maximum atomic E-state index is 11.9. The third kappa shape index (κ3) is 5.35. The summed E-state index contributed by atoms with van der Waals surface area (Å²) in [4.78, 5) is 26.7. The number of halogens is 2. The summed E-state index contributed by atoms with van der Waals surface area (Å²) in [7, 11) is 0. The highest BCUT2D eigenvalue weighted by Gasteiger charge is 2.20. The third-order valence-corrected chi connectivity index (χ3v) is 3.03. The van der Waals surface area contributed by atoms with E-state index in [1.165, 1.54) is 12.1 Å². The molecule has 1 rings (SSSR count). The number of aliphatic carboxylic acids is 1. The van der Waals surface area contributed by atoms with Gasteiger partial charge in [-0.3, -0.25) is 9.59 Å². The predicted octanol–water partition coefficient (Wildman–Crippen LogP) is 2.87. The normalized spacial score (nSPS) is 12.2. The second-order valence-corrected chi connectivity index (χ2v) is 5.65. The van der Waals surface area contributed by atoms with Gasteiger partial charge in [0, 0.05) is 12.1 Å². The van der Waals surface area contributed by atoms with Crippen LogP contribution in [0.1, 0.15) is 30.6 Å². The maximum Gasteiger partial charge on any atom is 0.308 e. The molecule has 1 heterocycles. The van der Waals surface area contributed by atoms with Crippen molar-refractivity contribution in [2.75, 3.05) is 6.54 Å². The number of carbonyl (C=O) groups excluding carboxylic acids is 1. The number of pyridine rings is 1. The number of nitrogens with zero attached hydrogens (tertiary/aromatic N) is 1. The Hall–Kier alpha value is -1.33. The number of hydrogen-bond donors (Lipinski definition) is 2. The molecule has 0 aliphatic rings. The van der Waals surface area contributed by atoms with E-state index in [9.17, 15) is 9.59 Å². The van der Waals surface area contributed by atoms with Crippen LogP contribution in [-0.2, 0) is 4.79 Å². The second-order valence-electron chi connectivity index (χ2n) is 4.88. The van der Waals surface area contributed by atoms with Gasteiger partial charge in [0.25, 0.3) is 5.91 Å². The number of carboxylic acids is 1. The molecule has 0 aliphatic carbocycles. The van der Waals surface area contributed by atoms with Crippen LogP contribution in [0.3, 0.4) is 0 Å². The van der Waals surface area contributed by atoms with Crippen molar-refractivity contribution < 1.29 is 14.7 Å². The number of hydrogen-bond acceptors (Lipinski definition) is 3. The van der Waals surface area contributed by atoms with Crippen molar-refractivity contribution in [2.45, 2.75) is 20.3 Å². The van der Waals surface area contributed by atoms with Crippen molar-refractivity contribution >= 4 is 35.1 Å². The van der Waals surface area contributed by atoms with Gasteiger partial charge in [0.2, 0.25) is 0 Å². The Morgan fingerprint density at radius 2 is 1.85 bits per heavy atom. The van der Waals surface area contributed by atoms with Gasteiger partial charge in [-0.2, -0.15) is 0 Å². The number of rotatable bonds is 6. The van der Waals surface area contributed by atoms with E-state index >= 15 is 0 Å². The van der Waals surface area contributed by atoms with E-state index in [0.717, 1.165) is 0 Å². The molecule has 0 saturated carbocycles. The maximum absolute atomic E-state index is 11.9. The first kappa shape index (κ1) is 16.7. The zero-order valence-corrected chi connectivity index (χ0v) is 12.7. The van der Waals surface area contributed by atoms with Crippen molar-refractivity contribution in [1.82, 2.24) is 10.3 Å². The summed E-state index contributed by atoms with van der Waals surface area (Å²) in [6.45, 7) is 3.92. The van der Waals surface area contributed by atoms with E-state index in [1.807, 2.05) is 13.8 Å². The molecule has 0 aromatic carbocycles. The van der Waals surface area contributed by atoms with Gasteiger partial charge in [-0.1, -0.05) is 37.0 Å². The molecule has 1 amide bonds. The van der Waals surface area contributed by atoms with Crippen LogP contribution in [0.4, 0.5) is 0 Å². The molecule has 0 radical (unpaired) electrons. The highest BCUT2D eigenvalue weighted by atomic mass is 35.5. The minimum Gasteiger partial charge on any atom is -0.481 e. The molecule has 0 saturated heterocycles. The van der Waals surface area contributed by atoms with Crippen molar-refractivity contribution in [1.29, 1.82) is 0 Å². The van der Waals surface area contributed by atoms with Crippen LogP contribution < -0.4 is 5.32 Å². The molecule has 0 fully saturated rings. The lowest BCUT2D eigenvalue weighted by molar-refractivity contribution is -0.142. The number of carboxylic acid groups (broad SMARTS) is 1.